The minimum absolute atomic E-state index is 0.201. The van der Waals surface area contributed by atoms with Crippen LogP contribution in [0.15, 0.2) is 0 Å². The molecule has 1 aromatic heterocycles. The molecule has 0 N–H and O–H groups in total. The van der Waals surface area contributed by atoms with Crippen molar-refractivity contribution in [1.29, 1.82) is 0 Å². The Labute approximate surface area is 113 Å². The largest absolute Gasteiger partial charge is 0.383 e. The Kier molecular flexibility index (Phi) is 5.55. The van der Waals surface area contributed by atoms with Crippen LogP contribution >= 0.6 is 11.6 Å². The van der Waals surface area contributed by atoms with E-state index in [0.29, 0.717) is 25.0 Å². The van der Waals surface area contributed by atoms with E-state index in [1.807, 2.05) is 19.0 Å². The fraction of sp³-hybridized carbons (Fsp3) is 0.727. The number of methoxy groups -OCH3 is 1. The fourth-order valence-corrected chi connectivity index (χ4v) is 1.59. The predicted octanol–water partition coefficient (Wildman–Crippen LogP) is 1.45. The first-order valence-corrected chi connectivity index (χ1v) is 6.18. The average molecular weight is 274 g/mol. The van der Waals surface area contributed by atoms with Gasteiger partial charge in [-0.2, -0.15) is 15.0 Å². The van der Waals surface area contributed by atoms with Crippen molar-refractivity contribution in [3.05, 3.63) is 5.28 Å². The lowest BCUT2D eigenvalue weighted by molar-refractivity contribution is 0.203. The van der Waals surface area contributed by atoms with Gasteiger partial charge < -0.3 is 14.5 Å². The number of nitrogens with zero attached hydrogens (tertiary/aromatic N) is 5. The second kappa shape index (κ2) is 6.70. The number of hydrogen-bond donors (Lipinski definition) is 0. The van der Waals surface area contributed by atoms with E-state index in [1.54, 1.807) is 12.0 Å². The highest BCUT2D eigenvalue weighted by Crippen LogP contribution is 2.17. The van der Waals surface area contributed by atoms with Gasteiger partial charge in [0.1, 0.15) is 0 Å². The second-order valence-electron chi connectivity index (χ2n) is 4.38. The highest BCUT2D eigenvalue weighted by molar-refractivity contribution is 6.28. The molecule has 0 unspecified atom stereocenters. The number of rotatable bonds is 6. The third-order valence-electron chi connectivity index (χ3n) is 2.40. The first-order valence-electron chi connectivity index (χ1n) is 5.80. The van der Waals surface area contributed by atoms with E-state index >= 15 is 0 Å². The molecule has 0 atom stereocenters. The first kappa shape index (κ1) is 14.9. The van der Waals surface area contributed by atoms with Crippen molar-refractivity contribution in [2.75, 3.05) is 44.2 Å². The van der Waals surface area contributed by atoms with Crippen molar-refractivity contribution >= 4 is 23.5 Å². The molecule has 0 fully saturated rings. The summed E-state index contributed by atoms with van der Waals surface area (Å²) in [6.45, 7) is 5.46. The molecule has 7 heteroatoms. The van der Waals surface area contributed by atoms with E-state index in [9.17, 15) is 0 Å². The van der Waals surface area contributed by atoms with Crippen LogP contribution in [-0.2, 0) is 4.74 Å². The smallest absolute Gasteiger partial charge is 0.231 e. The summed E-state index contributed by atoms with van der Waals surface area (Å²) in [5.74, 6) is 1.12. The van der Waals surface area contributed by atoms with Crippen LogP contribution in [0.5, 0.6) is 0 Å². The summed E-state index contributed by atoms with van der Waals surface area (Å²) in [4.78, 5) is 16.5. The molecule has 0 aromatic carbocycles. The van der Waals surface area contributed by atoms with Crippen molar-refractivity contribution in [3.63, 3.8) is 0 Å². The first-order chi connectivity index (χ1) is 8.45. The monoisotopic (exact) mass is 273 g/mol. The molecular weight excluding hydrogens is 254 g/mol. The van der Waals surface area contributed by atoms with E-state index < -0.39 is 0 Å². The maximum Gasteiger partial charge on any atom is 0.231 e. The molecule has 0 amide bonds. The average Bonchev–Trinajstić information content (AvgIpc) is 2.28. The van der Waals surface area contributed by atoms with Crippen LogP contribution in [0.1, 0.15) is 13.8 Å². The van der Waals surface area contributed by atoms with Crippen LogP contribution in [0, 0.1) is 0 Å². The van der Waals surface area contributed by atoms with Crippen molar-refractivity contribution < 1.29 is 4.74 Å². The molecule has 0 aliphatic rings. The van der Waals surface area contributed by atoms with Gasteiger partial charge in [-0.15, -0.1) is 0 Å². The van der Waals surface area contributed by atoms with Crippen LogP contribution in [0.2, 0.25) is 5.28 Å². The molecule has 6 nitrogen and oxygen atoms in total. The topological polar surface area (TPSA) is 54.4 Å². The van der Waals surface area contributed by atoms with E-state index in [4.69, 9.17) is 16.3 Å². The SMILES string of the molecule is COCCN(c1nc(Cl)nc(N(C)C)n1)C(C)C. The Balaban J connectivity index is 3.03. The van der Waals surface area contributed by atoms with Gasteiger partial charge in [-0.1, -0.05) is 0 Å². The zero-order valence-corrected chi connectivity index (χ0v) is 12.3. The van der Waals surface area contributed by atoms with Gasteiger partial charge in [-0.3, -0.25) is 0 Å². The molecule has 0 spiro atoms. The molecule has 102 valence electrons. The molecule has 0 radical (unpaired) electrons. The van der Waals surface area contributed by atoms with E-state index in [-0.39, 0.29) is 11.3 Å². The van der Waals surface area contributed by atoms with Crippen molar-refractivity contribution in [3.8, 4) is 0 Å². The molecule has 0 saturated carbocycles. The maximum atomic E-state index is 5.93. The van der Waals surface area contributed by atoms with Gasteiger partial charge in [0.15, 0.2) is 0 Å². The van der Waals surface area contributed by atoms with Gasteiger partial charge in [0.25, 0.3) is 0 Å². The fourth-order valence-electron chi connectivity index (χ4n) is 1.44. The third-order valence-corrected chi connectivity index (χ3v) is 2.57. The second-order valence-corrected chi connectivity index (χ2v) is 4.72. The van der Waals surface area contributed by atoms with E-state index in [0.717, 1.165) is 0 Å². The number of anilines is 2. The lowest BCUT2D eigenvalue weighted by Crippen LogP contribution is -2.35. The Morgan fingerprint density at radius 3 is 2.28 bits per heavy atom. The lowest BCUT2D eigenvalue weighted by atomic mass is 10.3. The van der Waals surface area contributed by atoms with Gasteiger partial charge in [-0.25, -0.2) is 0 Å². The minimum Gasteiger partial charge on any atom is -0.383 e. The molecule has 0 aliphatic heterocycles. The quantitative estimate of drug-likeness (QED) is 0.782. The van der Waals surface area contributed by atoms with Gasteiger partial charge >= 0.3 is 0 Å². The number of hydrogen-bond acceptors (Lipinski definition) is 6. The van der Waals surface area contributed by atoms with Crippen LogP contribution in [-0.4, -0.2) is 55.4 Å². The molecule has 1 aromatic rings. The van der Waals surface area contributed by atoms with Gasteiger partial charge in [-0.05, 0) is 25.4 Å². The third kappa shape index (κ3) is 3.96. The summed E-state index contributed by atoms with van der Waals surface area (Å²) in [6.07, 6.45) is 0. The summed E-state index contributed by atoms with van der Waals surface area (Å²) in [6, 6.07) is 0.258. The summed E-state index contributed by atoms with van der Waals surface area (Å²) in [5.41, 5.74) is 0. The molecule has 18 heavy (non-hydrogen) atoms. The standard InChI is InChI=1S/C11H20ClN5O/c1-8(2)17(6-7-18-5)11-14-9(12)13-10(15-11)16(3)4/h8H,6-7H2,1-5H3. The van der Waals surface area contributed by atoms with Crippen molar-refractivity contribution in [2.45, 2.75) is 19.9 Å². The van der Waals surface area contributed by atoms with E-state index in [1.165, 1.54) is 0 Å². The normalized spacial score (nSPS) is 10.8. The van der Waals surface area contributed by atoms with Crippen molar-refractivity contribution in [2.24, 2.45) is 0 Å². The van der Waals surface area contributed by atoms with Gasteiger partial charge in [0.2, 0.25) is 17.2 Å². The molecule has 0 bridgehead atoms. The Hall–Kier alpha value is -1.14. The Morgan fingerprint density at radius 2 is 1.78 bits per heavy atom. The molecule has 0 saturated heterocycles. The zero-order chi connectivity index (χ0) is 13.7. The van der Waals surface area contributed by atoms with Crippen LogP contribution in [0.3, 0.4) is 0 Å². The number of aromatic nitrogens is 3. The summed E-state index contributed by atoms with van der Waals surface area (Å²) < 4.78 is 5.10. The molecule has 1 rings (SSSR count). The summed E-state index contributed by atoms with van der Waals surface area (Å²) >= 11 is 5.93. The lowest BCUT2D eigenvalue weighted by Gasteiger charge is -2.27. The Morgan fingerprint density at radius 1 is 1.17 bits per heavy atom. The van der Waals surface area contributed by atoms with Crippen molar-refractivity contribution in [1.82, 2.24) is 15.0 Å². The highest BCUT2D eigenvalue weighted by atomic mass is 35.5. The number of ether oxygens (including phenoxy) is 1. The maximum absolute atomic E-state index is 5.93. The molecular formula is C11H20ClN5O. The summed E-state index contributed by atoms with van der Waals surface area (Å²) in [7, 11) is 5.40. The highest BCUT2D eigenvalue weighted by Gasteiger charge is 2.16. The number of halogens is 1. The van der Waals surface area contributed by atoms with Crippen LogP contribution in [0.25, 0.3) is 0 Å². The minimum atomic E-state index is 0.201. The van der Waals surface area contributed by atoms with Gasteiger partial charge in [0, 0.05) is 33.8 Å². The summed E-state index contributed by atoms with van der Waals surface area (Å²) in [5, 5.41) is 0.201. The van der Waals surface area contributed by atoms with Crippen LogP contribution in [0.4, 0.5) is 11.9 Å². The molecule has 1 heterocycles. The van der Waals surface area contributed by atoms with Crippen LogP contribution < -0.4 is 9.80 Å². The molecule has 0 aliphatic carbocycles. The zero-order valence-electron chi connectivity index (χ0n) is 11.5. The van der Waals surface area contributed by atoms with Gasteiger partial charge in [0.05, 0.1) is 6.61 Å². The van der Waals surface area contributed by atoms with E-state index in [2.05, 4.69) is 28.8 Å². The predicted molar refractivity (Wildman–Crippen MR) is 73.5 cm³/mol. The Bertz CT molecular complexity index is 386.